The molecule has 0 saturated heterocycles. The predicted octanol–water partition coefficient (Wildman–Crippen LogP) is 3.06. The van der Waals surface area contributed by atoms with Crippen LogP contribution in [0.5, 0.6) is 0 Å². The van der Waals surface area contributed by atoms with Gasteiger partial charge in [-0.05, 0) is 36.2 Å². The maximum atomic E-state index is 12.3. The first-order valence-electron chi connectivity index (χ1n) is 8.16. The van der Waals surface area contributed by atoms with Crippen molar-refractivity contribution < 1.29 is 4.79 Å². The van der Waals surface area contributed by atoms with E-state index in [1.54, 1.807) is 30.3 Å². The zero-order valence-corrected chi connectivity index (χ0v) is 14.0. The Labute approximate surface area is 151 Å². The van der Waals surface area contributed by atoms with Crippen LogP contribution in [0, 0.1) is 11.3 Å². The summed E-state index contributed by atoms with van der Waals surface area (Å²) in [4.78, 5) is 20.4. The molecule has 1 heterocycles. The molecule has 0 aliphatic carbocycles. The average Bonchev–Trinajstić information content (AvgIpc) is 2.69. The van der Waals surface area contributed by atoms with Gasteiger partial charge >= 0.3 is 0 Å². The molecule has 0 saturated carbocycles. The summed E-state index contributed by atoms with van der Waals surface area (Å²) < 4.78 is 0. The molecule has 3 aromatic rings. The van der Waals surface area contributed by atoms with Crippen molar-refractivity contribution in [3.8, 4) is 6.07 Å². The number of anilines is 2. The van der Waals surface area contributed by atoms with E-state index in [1.165, 1.54) is 11.9 Å². The van der Waals surface area contributed by atoms with Crippen molar-refractivity contribution in [2.75, 3.05) is 11.9 Å². The lowest BCUT2D eigenvalue weighted by Gasteiger charge is -2.08. The largest absolute Gasteiger partial charge is 0.350 e. The molecule has 3 rings (SSSR count). The molecule has 0 radical (unpaired) electrons. The first-order chi connectivity index (χ1) is 12.7. The standard InChI is InChI=1S/C20H17N5O/c21-13-16-6-8-17(9-7-16)25-19-12-18(23-14-24-19)20(26)22-11-10-15-4-2-1-3-5-15/h1-9,12,14H,10-11H2,(H,22,26)(H,23,24,25). The molecule has 6 heteroatoms. The highest BCUT2D eigenvalue weighted by atomic mass is 16.1. The second kappa shape index (κ2) is 8.40. The zero-order chi connectivity index (χ0) is 18.2. The lowest BCUT2D eigenvalue weighted by Crippen LogP contribution is -2.26. The number of hydrogen-bond donors (Lipinski definition) is 2. The highest BCUT2D eigenvalue weighted by Crippen LogP contribution is 2.15. The number of rotatable bonds is 6. The second-order valence-electron chi connectivity index (χ2n) is 5.59. The zero-order valence-electron chi connectivity index (χ0n) is 14.0. The Morgan fingerprint density at radius 2 is 1.81 bits per heavy atom. The minimum Gasteiger partial charge on any atom is -0.350 e. The molecule has 0 spiro atoms. The van der Waals surface area contributed by atoms with Gasteiger partial charge in [-0.1, -0.05) is 30.3 Å². The predicted molar refractivity (Wildman–Crippen MR) is 99.0 cm³/mol. The van der Waals surface area contributed by atoms with Gasteiger partial charge in [0.05, 0.1) is 11.6 Å². The van der Waals surface area contributed by atoms with Crippen molar-refractivity contribution >= 4 is 17.4 Å². The molecule has 1 aromatic heterocycles. The monoisotopic (exact) mass is 343 g/mol. The Morgan fingerprint density at radius 1 is 1.04 bits per heavy atom. The van der Waals surface area contributed by atoms with E-state index in [0.717, 1.165) is 12.1 Å². The van der Waals surface area contributed by atoms with Crippen LogP contribution >= 0.6 is 0 Å². The third-order valence-electron chi connectivity index (χ3n) is 3.73. The molecular formula is C20H17N5O. The van der Waals surface area contributed by atoms with E-state index in [-0.39, 0.29) is 5.91 Å². The fourth-order valence-electron chi connectivity index (χ4n) is 2.38. The van der Waals surface area contributed by atoms with Gasteiger partial charge in [-0.25, -0.2) is 9.97 Å². The van der Waals surface area contributed by atoms with Crippen LogP contribution in [0.1, 0.15) is 21.6 Å². The van der Waals surface area contributed by atoms with E-state index in [4.69, 9.17) is 5.26 Å². The number of nitrogens with zero attached hydrogens (tertiary/aromatic N) is 3. The highest BCUT2D eigenvalue weighted by molar-refractivity contribution is 5.92. The number of carbonyl (C=O) groups is 1. The highest BCUT2D eigenvalue weighted by Gasteiger charge is 2.08. The van der Waals surface area contributed by atoms with Crippen molar-refractivity contribution in [3.05, 3.63) is 83.8 Å². The third kappa shape index (κ3) is 4.65. The lowest BCUT2D eigenvalue weighted by atomic mass is 10.1. The molecule has 0 unspecified atom stereocenters. The number of aromatic nitrogens is 2. The van der Waals surface area contributed by atoms with E-state index in [0.29, 0.717) is 23.6 Å². The topological polar surface area (TPSA) is 90.7 Å². The van der Waals surface area contributed by atoms with Gasteiger partial charge in [-0.2, -0.15) is 5.26 Å². The number of benzene rings is 2. The minimum atomic E-state index is -0.244. The molecule has 0 fully saturated rings. The Morgan fingerprint density at radius 3 is 2.54 bits per heavy atom. The summed E-state index contributed by atoms with van der Waals surface area (Å²) in [7, 11) is 0. The maximum absolute atomic E-state index is 12.3. The van der Waals surface area contributed by atoms with Crippen LogP contribution in [-0.4, -0.2) is 22.4 Å². The molecular weight excluding hydrogens is 326 g/mol. The van der Waals surface area contributed by atoms with Crippen molar-refractivity contribution in [1.82, 2.24) is 15.3 Å². The van der Waals surface area contributed by atoms with Crippen LogP contribution in [-0.2, 0) is 6.42 Å². The van der Waals surface area contributed by atoms with Gasteiger partial charge in [0.2, 0.25) is 0 Å². The van der Waals surface area contributed by atoms with Crippen LogP contribution in [0.4, 0.5) is 11.5 Å². The van der Waals surface area contributed by atoms with Crippen LogP contribution in [0.2, 0.25) is 0 Å². The first kappa shape index (κ1) is 17.1. The number of nitriles is 1. The van der Waals surface area contributed by atoms with Crippen molar-refractivity contribution in [2.45, 2.75) is 6.42 Å². The average molecular weight is 343 g/mol. The Balaban J connectivity index is 1.59. The second-order valence-corrected chi connectivity index (χ2v) is 5.59. The van der Waals surface area contributed by atoms with Crippen molar-refractivity contribution in [1.29, 1.82) is 5.26 Å². The smallest absolute Gasteiger partial charge is 0.270 e. The summed E-state index contributed by atoms with van der Waals surface area (Å²) in [6.07, 6.45) is 2.10. The van der Waals surface area contributed by atoms with E-state index < -0.39 is 0 Å². The maximum Gasteiger partial charge on any atom is 0.270 e. The van der Waals surface area contributed by atoms with Crippen LogP contribution in [0.3, 0.4) is 0 Å². The van der Waals surface area contributed by atoms with Gasteiger partial charge in [-0.3, -0.25) is 4.79 Å². The number of nitrogens with one attached hydrogen (secondary N) is 2. The van der Waals surface area contributed by atoms with Crippen LogP contribution in [0.25, 0.3) is 0 Å². The van der Waals surface area contributed by atoms with Crippen molar-refractivity contribution in [2.24, 2.45) is 0 Å². The fourth-order valence-corrected chi connectivity index (χ4v) is 2.38. The van der Waals surface area contributed by atoms with Crippen molar-refractivity contribution in [3.63, 3.8) is 0 Å². The Kier molecular flexibility index (Phi) is 5.53. The minimum absolute atomic E-state index is 0.244. The van der Waals surface area contributed by atoms with Crippen LogP contribution in [0.15, 0.2) is 67.0 Å². The molecule has 0 aliphatic heterocycles. The van der Waals surface area contributed by atoms with Gasteiger partial charge in [0, 0.05) is 18.3 Å². The number of hydrogen-bond acceptors (Lipinski definition) is 5. The van der Waals surface area contributed by atoms with Crippen LogP contribution < -0.4 is 10.6 Å². The summed E-state index contributed by atoms with van der Waals surface area (Å²) in [5, 5.41) is 14.8. The molecule has 0 atom stereocenters. The normalized spacial score (nSPS) is 9.96. The van der Waals surface area contributed by atoms with E-state index in [1.807, 2.05) is 30.3 Å². The van der Waals surface area contributed by atoms with E-state index in [2.05, 4.69) is 26.7 Å². The fraction of sp³-hybridized carbons (Fsp3) is 0.100. The van der Waals surface area contributed by atoms with Gasteiger partial charge in [0.15, 0.2) is 0 Å². The summed E-state index contributed by atoms with van der Waals surface area (Å²) >= 11 is 0. The quantitative estimate of drug-likeness (QED) is 0.718. The molecule has 2 aromatic carbocycles. The third-order valence-corrected chi connectivity index (χ3v) is 3.73. The summed E-state index contributed by atoms with van der Waals surface area (Å²) in [6, 6.07) is 20.6. The molecule has 2 N–H and O–H groups in total. The Hall–Kier alpha value is -3.72. The van der Waals surface area contributed by atoms with E-state index in [9.17, 15) is 4.79 Å². The van der Waals surface area contributed by atoms with Gasteiger partial charge in [0.25, 0.3) is 5.91 Å². The molecule has 0 bridgehead atoms. The summed E-state index contributed by atoms with van der Waals surface area (Å²) in [5.41, 5.74) is 2.82. The number of carbonyl (C=O) groups excluding carboxylic acids is 1. The van der Waals surface area contributed by atoms with E-state index >= 15 is 0 Å². The van der Waals surface area contributed by atoms with Gasteiger partial charge in [-0.15, -0.1) is 0 Å². The Bertz CT molecular complexity index is 917. The SMILES string of the molecule is N#Cc1ccc(Nc2cc(C(=O)NCCc3ccccc3)ncn2)cc1. The lowest BCUT2D eigenvalue weighted by molar-refractivity contribution is 0.0949. The molecule has 26 heavy (non-hydrogen) atoms. The molecule has 0 aliphatic rings. The summed E-state index contributed by atoms with van der Waals surface area (Å²) in [5.74, 6) is 0.268. The molecule has 128 valence electrons. The first-order valence-corrected chi connectivity index (χ1v) is 8.16. The summed E-state index contributed by atoms with van der Waals surface area (Å²) in [6.45, 7) is 0.533. The van der Waals surface area contributed by atoms with Gasteiger partial charge in [0.1, 0.15) is 17.8 Å². The molecule has 1 amide bonds. The van der Waals surface area contributed by atoms with Gasteiger partial charge < -0.3 is 10.6 Å². The molecule has 6 nitrogen and oxygen atoms in total. The number of amides is 1.